The topological polar surface area (TPSA) is 128 Å². The highest BCUT2D eigenvalue weighted by Gasteiger charge is 2.29. The summed E-state index contributed by atoms with van der Waals surface area (Å²) >= 11 is 0. The first kappa shape index (κ1) is 31.5. The predicted octanol–water partition coefficient (Wildman–Crippen LogP) is 8.24. The van der Waals surface area contributed by atoms with Gasteiger partial charge >= 0.3 is 13.9 Å². The molecule has 0 saturated carbocycles. The number of fused-ring (bicyclic) bond motifs is 1. The Bertz CT molecular complexity index is 1780. The van der Waals surface area contributed by atoms with Crippen LogP contribution in [-0.2, 0) is 31.6 Å². The molecule has 0 bridgehead atoms. The summed E-state index contributed by atoms with van der Waals surface area (Å²) in [4.78, 5) is 24.9. The third-order valence-corrected chi connectivity index (χ3v) is 7.70. The number of primary amides is 1. The highest BCUT2D eigenvalue weighted by Crippen LogP contribution is 2.51. The number of hydrogen-bond donors (Lipinski definition) is 1. The summed E-state index contributed by atoms with van der Waals surface area (Å²) in [5.74, 6) is 0.366. The SMILES string of the molecule is CC(C)(C)OC(=O)n1cc(C(N)=O)c2cc(Oc3ccc(OP(=O)(OCc4ccccc4)OCc4ccccc4)cc3)ccc21. The molecule has 0 aliphatic carbocycles. The number of ether oxygens (including phenoxy) is 2. The first-order valence-electron chi connectivity index (χ1n) is 14.1. The van der Waals surface area contributed by atoms with E-state index in [0.29, 0.717) is 22.4 Å². The Balaban J connectivity index is 1.32. The number of benzene rings is 4. The lowest BCUT2D eigenvalue weighted by molar-refractivity contribution is 0.0544. The summed E-state index contributed by atoms with van der Waals surface area (Å²) in [5, 5.41) is 0.429. The van der Waals surface area contributed by atoms with Gasteiger partial charge in [-0.1, -0.05) is 60.7 Å². The van der Waals surface area contributed by atoms with Crippen molar-refractivity contribution in [1.29, 1.82) is 0 Å². The molecule has 0 unspecified atom stereocenters. The lowest BCUT2D eigenvalue weighted by Crippen LogP contribution is -2.26. The Labute approximate surface area is 260 Å². The standard InChI is InChI=1S/C34H33N2O8P/c1-34(2,3)43-33(38)36-21-30(32(35)37)29-20-28(18-19-31(29)36)42-26-14-16-27(17-15-26)44-45(39,40-22-24-10-6-4-7-11-24)41-23-25-12-8-5-9-13-25/h4-21H,22-23H2,1-3H3,(H2,35,37). The Morgan fingerprint density at radius 1 is 0.756 bits per heavy atom. The fourth-order valence-corrected chi connectivity index (χ4v) is 5.48. The maximum absolute atomic E-state index is 13.7. The van der Waals surface area contributed by atoms with Gasteiger partial charge in [0.15, 0.2) is 0 Å². The van der Waals surface area contributed by atoms with Gasteiger partial charge in [0.1, 0.15) is 22.8 Å². The van der Waals surface area contributed by atoms with Crippen LogP contribution in [0.25, 0.3) is 10.9 Å². The van der Waals surface area contributed by atoms with Crippen molar-refractivity contribution in [3.8, 4) is 17.2 Å². The largest absolute Gasteiger partial charge is 0.530 e. The third-order valence-electron chi connectivity index (χ3n) is 6.37. The van der Waals surface area contributed by atoms with Crippen LogP contribution < -0.4 is 15.0 Å². The molecule has 1 heterocycles. The number of hydrogen-bond acceptors (Lipinski definition) is 8. The molecular formula is C34H33N2O8P. The van der Waals surface area contributed by atoms with Gasteiger partial charge in [0.25, 0.3) is 5.91 Å². The van der Waals surface area contributed by atoms with E-state index < -0.39 is 25.4 Å². The third kappa shape index (κ3) is 8.39. The molecule has 232 valence electrons. The Morgan fingerprint density at radius 3 is 1.82 bits per heavy atom. The van der Waals surface area contributed by atoms with Crippen molar-refractivity contribution < 1.29 is 37.2 Å². The summed E-state index contributed by atoms with van der Waals surface area (Å²) in [6.45, 7) is 5.31. The highest BCUT2D eigenvalue weighted by molar-refractivity contribution is 7.48. The molecule has 0 saturated heterocycles. The van der Waals surface area contributed by atoms with E-state index in [-0.39, 0.29) is 24.5 Å². The van der Waals surface area contributed by atoms with Crippen LogP contribution in [0.2, 0.25) is 0 Å². The summed E-state index contributed by atoms with van der Waals surface area (Å²) in [6.07, 6.45) is 0.719. The summed E-state index contributed by atoms with van der Waals surface area (Å²) in [5.41, 5.74) is 7.08. The maximum atomic E-state index is 13.7. The van der Waals surface area contributed by atoms with Gasteiger partial charge in [-0.05, 0) is 74.4 Å². The van der Waals surface area contributed by atoms with E-state index in [0.717, 1.165) is 11.1 Å². The highest BCUT2D eigenvalue weighted by atomic mass is 31.2. The summed E-state index contributed by atoms with van der Waals surface area (Å²) in [7, 11) is -4.04. The zero-order valence-corrected chi connectivity index (χ0v) is 25.9. The van der Waals surface area contributed by atoms with Gasteiger partial charge in [-0.25, -0.2) is 9.36 Å². The smallest absolute Gasteiger partial charge is 0.457 e. The van der Waals surface area contributed by atoms with Crippen molar-refractivity contribution in [3.63, 3.8) is 0 Å². The van der Waals surface area contributed by atoms with Crippen molar-refractivity contribution >= 4 is 30.7 Å². The molecule has 0 fully saturated rings. The van der Waals surface area contributed by atoms with Crippen LogP contribution in [0, 0.1) is 0 Å². The van der Waals surface area contributed by atoms with E-state index in [2.05, 4.69) is 0 Å². The molecule has 11 heteroatoms. The molecule has 0 radical (unpaired) electrons. The number of phosphoric ester groups is 1. The first-order valence-corrected chi connectivity index (χ1v) is 15.6. The van der Waals surface area contributed by atoms with Crippen LogP contribution in [0.1, 0.15) is 42.3 Å². The van der Waals surface area contributed by atoms with E-state index in [1.54, 1.807) is 63.2 Å². The Morgan fingerprint density at radius 2 is 1.29 bits per heavy atom. The van der Waals surface area contributed by atoms with Crippen LogP contribution in [-0.4, -0.2) is 22.2 Å². The second-order valence-corrected chi connectivity index (χ2v) is 12.7. The number of aromatic nitrogens is 1. The lowest BCUT2D eigenvalue weighted by Gasteiger charge is -2.19. The van der Waals surface area contributed by atoms with Crippen LogP contribution in [0.15, 0.2) is 109 Å². The van der Waals surface area contributed by atoms with E-state index in [1.807, 2.05) is 60.7 Å². The average Bonchev–Trinajstić information content (AvgIpc) is 3.40. The number of nitrogens with two attached hydrogens (primary N) is 1. The number of phosphoric acid groups is 1. The molecule has 0 aliphatic heterocycles. The minimum absolute atomic E-state index is 0.0273. The van der Waals surface area contributed by atoms with Crippen LogP contribution in [0.4, 0.5) is 4.79 Å². The van der Waals surface area contributed by atoms with Crippen molar-refractivity contribution in [2.45, 2.75) is 39.6 Å². The van der Waals surface area contributed by atoms with E-state index in [4.69, 9.17) is 28.8 Å². The fourth-order valence-electron chi connectivity index (χ4n) is 4.31. The second kappa shape index (κ2) is 13.4. The summed E-state index contributed by atoms with van der Waals surface area (Å²) in [6, 6.07) is 29.9. The van der Waals surface area contributed by atoms with Crippen LogP contribution in [0.5, 0.6) is 17.2 Å². The van der Waals surface area contributed by atoms with E-state index in [1.165, 1.54) is 10.8 Å². The average molecular weight is 629 g/mol. The van der Waals surface area contributed by atoms with Gasteiger partial charge in [-0.15, -0.1) is 0 Å². The molecule has 0 aliphatic rings. The molecular weight excluding hydrogens is 595 g/mol. The number of nitrogens with zero attached hydrogens (tertiary/aromatic N) is 1. The minimum atomic E-state index is -4.04. The van der Waals surface area contributed by atoms with Gasteiger partial charge in [0, 0.05) is 11.6 Å². The van der Waals surface area contributed by atoms with Gasteiger partial charge in [-0.2, -0.15) is 0 Å². The Kier molecular flexibility index (Phi) is 9.39. The van der Waals surface area contributed by atoms with E-state index >= 15 is 0 Å². The molecule has 0 spiro atoms. The van der Waals surface area contributed by atoms with Crippen molar-refractivity contribution in [1.82, 2.24) is 4.57 Å². The van der Waals surface area contributed by atoms with Crippen molar-refractivity contribution in [3.05, 3.63) is 126 Å². The number of carbonyl (C=O) groups is 2. The first-order chi connectivity index (χ1) is 21.5. The normalized spacial score (nSPS) is 11.7. The van der Waals surface area contributed by atoms with Gasteiger partial charge < -0.3 is 19.7 Å². The van der Waals surface area contributed by atoms with Gasteiger partial charge in [-0.3, -0.25) is 18.4 Å². The predicted molar refractivity (Wildman–Crippen MR) is 169 cm³/mol. The lowest BCUT2D eigenvalue weighted by atomic mass is 10.1. The van der Waals surface area contributed by atoms with Gasteiger partial charge in [0.2, 0.25) is 0 Å². The minimum Gasteiger partial charge on any atom is -0.457 e. The number of rotatable bonds is 11. The maximum Gasteiger partial charge on any atom is 0.530 e. The van der Waals surface area contributed by atoms with Gasteiger partial charge in [0.05, 0.1) is 24.3 Å². The second-order valence-electron chi connectivity index (χ2n) is 11.1. The quantitative estimate of drug-likeness (QED) is 0.145. The molecule has 5 aromatic rings. The molecule has 0 atom stereocenters. The molecule has 1 aromatic heterocycles. The molecule has 2 N–H and O–H groups in total. The zero-order chi connectivity index (χ0) is 32.0. The van der Waals surface area contributed by atoms with E-state index in [9.17, 15) is 14.2 Å². The molecule has 45 heavy (non-hydrogen) atoms. The van der Waals surface area contributed by atoms with Crippen molar-refractivity contribution in [2.24, 2.45) is 5.73 Å². The monoisotopic (exact) mass is 628 g/mol. The zero-order valence-electron chi connectivity index (χ0n) is 25.0. The van der Waals surface area contributed by atoms with Crippen LogP contribution >= 0.6 is 7.82 Å². The number of carbonyl (C=O) groups excluding carboxylic acids is 2. The van der Waals surface area contributed by atoms with Crippen molar-refractivity contribution in [2.75, 3.05) is 0 Å². The van der Waals surface area contributed by atoms with Crippen LogP contribution in [0.3, 0.4) is 0 Å². The fraction of sp³-hybridized carbons (Fsp3) is 0.176. The molecule has 1 amide bonds. The molecule has 5 rings (SSSR count). The summed E-state index contributed by atoms with van der Waals surface area (Å²) < 4.78 is 43.5. The number of amides is 1. The molecule has 4 aromatic carbocycles. The molecule has 10 nitrogen and oxygen atoms in total. The Hall–Kier alpha value is -4.89.